The van der Waals surface area contributed by atoms with E-state index < -0.39 is 0 Å². The van der Waals surface area contributed by atoms with E-state index in [9.17, 15) is 9.59 Å². The minimum atomic E-state index is -0.282. The molecule has 7 nitrogen and oxygen atoms in total. The molecule has 0 aliphatic heterocycles. The van der Waals surface area contributed by atoms with Crippen molar-refractivity contribution < 1.29 is 14.3 Å². The fourth-order valence-electron chi connectivity index (χ4n) is 3.04. The maximum Gasteiger partial charge on any atom is 0.251 e. The third-order valence-electron chi connectivity index (χ3n) is 4.75. The first-order valence-corrected chi connectivity index (χ1v) is 10.5. The van der Waals surface area contributed by atoms with Gasteiger partial charge in [-0.2, -0.15) is 5.10 Å². The first-order valence-electron chi connectivity index (χ1n) is 10.1. The van der Waals surface area contributed by atoms with Gasteiger partial charge in [0.15, 0.2) is 0 Å². The molecular weight excluding hydrogens is 428 g/mol. The molecule has 0 saturated heterocycles. The van der Waals surface area contributed by atoms with Crippen molar-refractivity contribution in [3.05, 3.63) is 88.2 Å². The normalized spacial score (nSPS) is 10.8. The van der Waals surface area contributed by atoms with Crippen molar-refractivity contribution in [1.29, 1.82) is 0 Å². The zero-order valence-electron chi connectivity index (χ0n) is 18.0. The average molecular weight is 453 g/mol. The summed E-state index contributed by atoms with van der Waals surface area (Å²) >= 11 is 6.46. The molecule has 2 amide bonds. The molecule has 0 aliphatic rings. The molecule has 1 aromatic heterocycles. The summed E-state index contributed by atoms with van der Waals surface area (Å²) in [5.41, 5.74) is 3.05. The molecule has 32 heavy (non-hydrogen) atoms. The van der Waals surface area contributed by atoms with Gasteiger partial charge in [-0.1, -0.05) is 41.9 Å². The second kappa shape index (κ2) is 11.2. The van der Waals surface area contributed by atoms with E-state index in [1.54, 1.807) is 42.1 Å². The van der Waals surface area contributed by atoms with Crippen molar-refractivity contribution in [2.75, 3.05) is 20.2 Å². The van der Waals surface area contributed by atoms with Crippen molar-refractivity contribution in [3.63, 3.8) is 0 Å². The Labute approximate surface area is 192 Å². The SMILES string of the molecule is COc1ccc(C(=O)NCCNC(=O)/C=C/c2c(C)nn(Cc3ccccc3)c2Cl)cc1. The molecule has 0 atom stereocenters. The lowest BCUT2D eigenvalue weighted by molar-refractivity contribution is -0.116. The van der Waals surface area contributed by atoms with Gasteiger partial charge in [0.25, 0.3) is 5.91 Å². The van der Waals surface area contributed by atoms with Gasteiger partial charge in [0.2, 0.25) is 5.91 Å². The maximum atomic E-state index is 12.1. The molecule has 0 unspecified atom stereocenters. The van der Waals surface area contributed by atoms with Gasteiger partial charge in [-0.25, -0.2) is 4.68 Å². The third-order valence-corrected chi connectivity index (χ3v) is 5.15. The molecule has 8 heteroatoms. The van der Waals surface area contributed by atoms with Crippen molar-refractivity contribution >= 4 is 29.5 Å². The number of hydrogen-bond donors (Lipinski definition) is 2. The average Bonchev–Trinajstić information content (AvgIpc) is 3.08. The van der Waals surface area contributed by atoms with Crippen LogP contribution in [0.2, 0.25) is 5.15 Å². The van der Waals surface area contributed by atoms with E-state index in [0.717, 1.165) is 11.3 Å². The van der Waals surface area contributed by atoms with Crippen molar-refractivity contribution in [2.24, 2.45) is 0 Å². The molecule has 166 valence electrons. The van der Waals surface area contributed by atoms with Gasteiger partial charge < -0.3 is 15.4 Å². The number of amides is 2. The van der Waals surface area contributed by atoms with E-state index in [1.165, 1.54) is 6.08 Å². The number of ether oxygens (including phenoxy) is 1. The van der Waals surface area contributed by atoms with Crippen LogP contribution < -0.4 is 15.4 Å². The fraction of sp³-hybridized carbons (Fsp3) is 0.208. The highest BCUT2D eigenvalue weighted by Crippen LogP contribution is 2.22. The second-order valence-corrected chi connectivity index (χ2v) is 7.40. The highest BCUT2D eigenvalue weighted by molar-refractivity contribution is 6.31. The van der Waals surface area contributed by atoms with Crippen molar-refractivity contribution in [3.8, 4) is 5.75 Å². The maximum absolute atomic E-state index is 12.1. The summed E-state index contributed by atoms with van der Waals surface area (Å²) in [6.07, 6.45) is 3.06. The summed E-state index contributed by atoms with van der Waals surface area (Å²) in [6, 6.07) is 16.7. The Hall–Kier alpha value is -3.58. The van der Waals surface area contributed by atoms with E-state index in [1.807, 2.05) is 37.3 Å². The fourth-order valence-corrected chi connectivity index (χ4v) is 3.34. The number of aromatic nitrogens is 2. The number of aryl methyl sites for hydroxylation is 1. The Morgan fingerprint density at radius 2 is 1.75 bits per heavy atom. The molecule has 0 spiro atoms. The molecular formula is C24H25ClN4O3. The first kappa shape index (κ1) is 23.1. The number of carbonyl (C=O) groups is 2. The van der Waals surface area contributed by atoms with E-state index in [-0.39, 0.29) is 11.8 Å². The molecule has 3 aromatic rings. The molecule has 0 aliphatic carbocycles. The second-order valence-electron chi connectivity index (χ2n) is 7.04. The Morgan fingerprint density at radius 1 is 1.06 bits per heavy atom. The Morgan fingerprint density at radius 3 is 2.44 bits per heavy atom. The lowest BCUT2D eigenvalue weighted by atomic mass is 10.2. The number of hydrogen-bond acceptors (Lipinski definition) is 4. The standard InChI is InChI=1S/C24H25ClN4O3/c1-17-21(23(25)29(28-17)16-18-6-4-3-5-7-18)12-13-22(30)26-14-15-27-24(31)19-8-10-20(32-2)11-9-19/h3-13H,14-16H2,1-2H3,(H,26,30)(H,27,31)/b13-12+. The van der Waals surface area contributed by atoms with Crippen LogP contribution in [-0.2, 0) is 11.3 Å². The minimum Gasteiger partial charge on any atom is -0.497 e. The Balaban J connectivity index is 1.47. The highest BCUT2D eigenvalue weighted by atomic mass is 35.5. The van der Waals surface area contributed by atoms with Crippen LogP contribution in [0.15, 0.2) is 60.7 Å². The summed E-state index contributed by atoms with van der Waals surface area (Å²) in [5, 5.41) is 10.4. The van der Waals surface area contributed by atoms with Crippen LogP contribution >= 0.6 is 11.6 Å². The van der Waals surface area contributed by atoms with Crippen LogP contribution in [0.25, 0.3) is 6.08 Å². The Kier molecular flexibility index (Phi) is 8.05. The van der Waals surface area contributed by atoms with Gasteiger partial charge in [-0.15, -0.1) is 0 Å². The lowest BCUT2D eigenvalue weighted by Gasteiger charge is -2.06. The van der Waals surface area contributed by atoms with Gasteiger partial charge >= 0.3 is 0 Å². The number of benzene rings is 2. The van der Waals surface area contributed by atoms with Gasteiger partial charge in [-0.3, -0.25) is 9.59 Å². The van der Waals surface area contributed by atoms with Crippen LogP contribution in [0.4, 0.5) is 0 Å². The van der Waals surface area contributed by atoms with Crippen molar-refractivity contribution in [2.45, 2.75) is 13.5 Å². The monoisotopic (exact) mass is 452 g/mol. The predicted octanol–water partition coefficient (Wildman–Crippen LogP) is 3.46. The number of carbonyl (C=O) groups excluding carboxylic acids is 2. The van der Waals surface area contributed by atoms with E-state index in [4.69, 9.17) is 16.3 Å². The van der Waals surface area contributed by atoms with Crippen LogP contribution in [0.1, 0.15) is 27.2 Å². The van der Waals surface area contributed by atoms with Crippen LogP contribution in [-0.4, -0.2) is 41.8 Å². The summed E-state index contributed by atoms with van der Waals surface area (Å²) in [7, 11) is 1.57. The summed E-state index contributed by atoms with van der Waals surface area (Å²) in [5.74, 6) is 0.183. The van der Waals surface area contributed by atoms with Crippen LogP contribution in [0, 0.1) is 6.92 Å². The summed E-state index contributed by atoms with van der Waals surface area (Å²) in [6.45, 7) is 3.00. The quantitative estimate of drug-likeness (QED) is 0.384. The largest absolute Gasteiger partial charge is 0.497 e. The van der Waals surface area contributed by atoms with Gasteiger partial charge in [0.1, 0.15) is 10.9 Å². The van der Waals surface area contributed by atoms with Crippen LogP contribution in [0.5, 0.6) is 5.75 Å². The predicted molar refractivity (Wildman–Crippen MR) is 125 cm³/mol. The first-order chi connectivity index (χ1) is 15.5. The molecule has 1 heterocycles. The molecule has 0 radical (unpaired) electrons. The molecule has 0 saturated carbocycles. The number of rotatable bonds is 9. The minimum absolute atomic E-state index is 0.217. The van der Waals surface area contributed by atoms with Gasteiger partial charge in [0.05, 0.1) is 19.3 Å². The van der Waals surface area contributed by atoms with Gasteiger partial charge in [-0.05, 0) is 42.8 Å². The molecule has 2 aromatic carbocycles. The topological polar surface area (TPSA) is 85.2 Å². The lowest BCUT2D eigenvalue weighted by Crippen LogP contribution is -2.33. The zero-order valence-corrected chi connectivity index (χ0v) is 18.7. The summed E-state index contributed by atoms with van der Waals surface area (Å²) < 4.78 is 6.78. The molecule has 0 bridgehead atoms. The third kappa shape index (κ3) is 6.21. The number of nitrogens with zero attached hydrogens (tertiary/aromatic N) is 2. The van der Waals surface area contributed by atoms with Crippen LogP contribution in [0.3, 0.4) is 0 Å². The van der Waals surface area contributed by atoms with Crippen molar-refractivity contribution in [1.82, 2.24) is 20.4 Å². The molecule has 0 fully saturated rings. The van der Waals surface area contributed by atoms with E-state index >= 15 is 0 Å². The zero-order chi connectivity index (χ0) is 22.9. The summed E-state index contributed by atoms with van der Waals surface area (Å²) in [4.78, 5) is 24.2. The van der Waals surface area contributed by atoms with Gasteiger partial charge in [0, 0.05) is 30.3 Å². The highest BCUT2D eigenvalue weighted by Gasteiger charge is 2.12. The molecule has 2 N–H and O–H groups in total. The Bertz CT molecular complexity index is 1090. The smallest absolute Gasteiger partial charge is 0.251 e. The number of nitrogens with one attached hydrogen (secondary N) is 2. The molecule has 3 rings (SSSR count). The number of halogens is 1. The van der Waals surface area contributed by atoms with E-state index in [0.29, 0.717) is 41.7 Å². The van der Waals surface area contributed by atoms with E-state index in [2.05, 4.69) is 15.7 Å². The number of methoxy groups -OCH3 is 1.